The highest BCUT2D eigenvalue weighted by atomic mass is 14.1. The van der Waals surface area contributed by atoms with Crippen LogP contribution in [0.15, 0.2) is 42.5 Å². The molecule has 0 aliphatic carbocycles. The van der Waals surface area contributed by atoms with Crippen molar-refractivity contribution >= 4 is 10.8 Å². The zero-order valence-corrected chi connectivity index (χ0v) is 10.3. The minimum absolute atomic E-state index is 0.607. The van der Waals surface area contributed by atoms with Crippen molar-refractivity contribution in [2.45, 2.75) is 33.1 Å². The number of fused-ring (bicyclic) bond motifs is 1. The molecule has 0 aromatic heterocycles. The first kappa shape index (κ1) is 11.2. The molecule has 0 saturated heterocycles. The van der Waals surface area contributed by atoms with Crippen LogP contribution in [0.25, 0.3) is 10.8 Å². The van der Waals surface area contributed by atoms with Crippen LogP contribution in [0.2, 0.25) is 0 Å². The highest BCUT2D eigenvalue weighted by Crippen LogP contribution is 2.29. The fraction of sp³-hybridized carbons (Fsp3) is 0.312. The fourth-order valence-corrected chi connectivity index (χ4v) is 2.40. The Morgan fingerprint density at radius 2 is 1.69 bits per heavy atom. The van der Waals surface area contributed by atoms with E-state index in [4.69, 9.17) is 0 Å². The third-order valence-corrected chi connectivity index (χ3v) is 3.07. The Morgan fingerprint density at radius 1 is 1.00 bits per heavy atom. The molecular weight excluding hydrogens is 192 g/mol. The largest absolute Gasteiger partial charge is 0.0616 e. The number of benzene rings is 2. The smallest absolute Gasteiger partial charge is 0.0149 e. The summed E-state index contributed by atoms with van der Waals surface area (Å²) >= 11 is 0. The molecule has 0 aliphatic heterocycles. The van der Waals surface area contributed by atoms with Gasteiger partial charge in [-0.05, 0) is 34.6 Å². The number of hydrogen-bond donors (Lipinski definition) is 0. The summed E-state index contributed by atoms with van der Waals surface area (Å²) in [5.74, 6) is 2.11. The predicted octanol–water partition coefficient (Wildman–Crippen LogP) is 4.95. The van der Waals surface area contributed by atoms with Crippen LogP contribution in [-0.2, 0) is 0 Å². The van der Waals surface area contributed by atoms with Gasteiger partial charge in [-0.2, -0.15) is 0 Å². The molecule has 0 amide bonds. The van der Waals surface area contributed by atoms with Gasteiger partial charge in [-0.15, -0.1) is 0 Å². The maximum absolute atomic E-state index is 2.31. The van der Waals surface area contributed by atoms with E-state index in [9.17, 15) is 0 Å². The summed E-state index contributed by atoms with van der Waals surface area (Å²) in [6.07, 6.45) is 1.17. The molecule has 2 aromatic rings. The molecule has 0 aliphatic rings. The maximum atomic E-state index is 2.31. The van der Waals surface area contributed by atoms with E-state index in [1.165, 1.54) is 28.7 Å². The van der Waals surface area contributed by atoms with Crippen molar-refractivity contribution < 1.29 is 0 Å². The van der Waals surface area contributed by atoms with Crippen LogP contribution >= 0.6 is 0 Å². The maximum Gasteiger partial charge on any atom is -0.0149 e. The van der Waals surface area contributed by atoms with Gasteiger partial charge in [0.1, 0.15) is 0 Å². The van der Waals surface area contributed by atoms with Gasteiger partial charge in [0.15, 0.2) is 0 Å². The van der Waals surface area contributed by atoms with Gasteiger partial charge in [0.2, 0.25) is 0 Å². The van der Waals surface area contributed by atoms with Crippen LogP contribution in [0.3, 0.4) is 0 Å². The molecule has 0 fully saturated rings. The lowest BCUT2D eigenvalue weighted by Gasteiger charge is -2.16. The van der Waals surface area contributed by atoms with Crippen molar-refractivity contribution in [1.29, 1.82) is 0 Å². The van der Waals surface area contributed by atoms with Crippen LogP contribution in [0, 0.1) is 5.92 Å². The van der Waals surface area contributed by atoms with E-state index < -0.39 is 0 Å². The molecular formula is C16H19. The molecule has 2 aromatic carbocycles. The summed E-state index contributed by atoms with van der Waals surface area (Å²) < 4.78 is 0. The molecule has 0 N–H and O–H groups in total. The zero-order valence-electron chi connectivity index (χ0n) is 10.3. The standard InChI is InChI=1S/C16H19/c1-12(2)11-13(3)15-10-6-8-14-7-4-5-9-16(14)15/h4-10,13H,11H2,1-3H3/t13-/m1/s1. The Labute approximate surface area is 98.3 Å². The van der Waals surface area contributed by atoms with E-state index in [-0.39, 0.29) is 0 Å². The van der Waals surface area contributed by atoms with Crippen LogP contribution in [0.1, 0.15) is 38.7 Å². The van der Waals surface area contributed by atoms with Crippen molar-refractivity contribution in [3.8, 4) is 0 Å². The lowest BCUT2D eigenvalue weighted by molar-refractivity contribution is 0.698. The van der Waals surface area contributed by atoms with Gasteiger partial charge in [0.25, 0.3) is 0 Å². The summed E-state index contributed by atoms with van der Waals surface area (Å²) in [5.41, 5.74) is 1.47. The number of hydrogen-bond acceptors (Lipinski definition) is 0. The second-order valence-corrected chi connectivity index (χ2v) is 4.88. The average molecular weight is 211 g/mol. The lowest BCUT2D eigenvalue weighted by atomic mass is 9.89. The van der Waals surface area contributed by atoms with Gasteiger partial charge in [-0.25, -0.2) is 0 Å². The molecule has 0 saturated carbocycles. The van der Waals surface area contributed by atoms with Crippen molar-refractivity contribution in [1.82, 2.24) is 0 Å². The van der Waals surface area contributed by atoms with Gasteiger partial charge in [-0.1, -0.05) is 63.2 Å². The van der Waals surface area contributed by atoms with Crippen molar-refractivity contribution in [2.24, 2.45) is 0 Å². The minimum Gasteiger partial charge on any atom is -0.0616 e. The lowest BCUT2D eigenvalue weighted by Crippen LogP contribution is -1.98. The van der Waals surface area contributed by atoms with E-state index in [1.54, 1.807) is 0 Å². The minimum atomic E-state index is 0.607. The highest BCUT2D eigenvalue weighted by Gasteiger charge is 2.10. The topological polar surface area (TPSA) is 0 Å². The molecule has 1 radical (unpaired) electrons. The van der Waals surface area contributed by atoms with Gasteiger partial charge in [0, 0.05) is 0 Å². The molecule has 0 spiro atoms. The van der Waals surface area contributed by atoms with Crippen LogP contribution in [-0.4, -0.2) is 0 Å². The van der Waals surface area contributed by atoms with Crippen LogP contribution < -0.4 is 0 Å². The first-order valence-electron chi connectivity index (χ1n) is 5.95. The van der Waals surface area contributed by atoms with E-state index in [0.29, 0.717) is 5.92 Å². The molecule has 0 bridgehead atoms. The Bertz CT molecular complexity index is 463. The van der Waals surface area contributed by atoms with Gasteiger partial charge in [0.05, 0.1) is 0 Å². The SMILES string of the molecule is C[C](C)C[C@@H](C)c1cccc2ccccc12. The highest BCUT2D eigenvalue weighted by molar-refractivity contribution is 5.86. The Hall–Kier alpha value is -1.30. The van der Waals surface area contributed by atoms with Crippen LogP contribution in [0.5, 0.6) is 0 Å². The van der Waals surface area contributed by atoms with Crippen molar-refractivity contribution in [2.75, 3.05) is 0 Å². The number of rotatable bonds is 3. The normalized spacial score (nSPS) is 13.2. The van der Waals surface area contributed by atoms with Crippen molar-refractivity contribution in [3.05, 3.63) is 53.9 Å². The summed E-state index contributed by atoms with van der Waals surface area (Å²) in [4.78, 5) is 0. The monoisotopic (exact) mass is 211 g/mol. The van der Waals surface area contributed by atoms with Crippen LogP contribution in [0.4, 0.5) is 0 Å². The first-order chi connectivity index (χ1) is 7.68. The van der Waals surface area contributed by atoms with E-state index in [2.05, 4.69) is 63.2 Å². The molecule has 83 valence electrons. The Morgan fingerprint density at radius 3 is 2.44 bits per heavy atom. The zero-order chi connectivity index (χ0) is 11.5. The third kappa shape index (κ3) is 2.27. The average Bonchev–Trinajstić information content (AvgIpc) is 2.27. The quantitative estimate of drug-likeness (QED) is 0.674. The summed E-state index contributed by atoms with van der Waals surface area (Å²) in [5, 5.41) is 2.75. The molecule has 0 heterocycles. The van der Waals surface area contributed by atoms with E-state index >= 15 is 0 Å². The molecule has 0 heteroatoms. The van der Waals surface area contributed by atoms with E-state index in [1.807, 2.05) is 0 Å². The molecule has 0 nitrogen and oxygen atoms in total. The molecule has 0 unspecified atom stereocenters. The van der Waals surface area contributed by atoms with Crippen molar-refractivity contribution in [3.63, 3.8) is 0 Å². The van der Waals surface area contributed by atoms with Gasteiger partial charge >= 0.3 is 0 Å². The fourth-order valence-electron chi connectivity index (χ4n) is 2.40. The second-order valence-electron chi connectivity index (χ2n) is 4.88. The second kappa shape index (κ2) is 4.69. The predicted molar refractivity (Wildman–Crippen MR) is 71.6 cm³/mol. The summed E-state index contributed by atoms with van der Waals surface area (Å²) in [7, 11) is 0. The third-order valence-electron chi connectivity index (χ3n) is 3.07. The summed E-state index contributed by atoms with van der Waals surface area (Å²) in [6, 6.07) is 15.3. The molecule has 1 atom stereocenters. The molecule has 16 heavy (non-hydrogen) atoms. The van der Waals surface area contributed by atoms with Gasteiger partial charge in [-0.3, -0.25) is 0 Å². The summed E-state index contributed by atoms with van der Waals surface area (Å²) in [6.45, 7) is 6.73. The Balaban J connectivity index is 2.44. The Kier molecular flexibility index (Phi) is 3.28. The van der Waals surface area contributed by atoms with E-state index in [0.717, 1.165) is 0 Å². The van der Waals surface area contributed by atoms with Gasteiger partial charge < -0.3 is 0 Å². The molecule has 2 rings (SSSR count). The first-order valence-corrected chi connectivity index (χ1v) is 5.95.